The van der Waals surface area contributed by atoms with Gasteiger partial charge in [-0.3, -0.25) is 4.90 Å². The van der Waals surface area contributed by atoms with Crippen LogP contribution in [0.5, 0.6) is 5.75 Å². The number of hydrogen-bond donors (Lipinski definition) is 2. The molecule has 1 fully saturated rings. The van der Waals surface area contributed by atoms with Crippen molar-refractivity contribution in [2.24, 2.45) is 0 Å². The van der Waals surface area contributed by atoms with Gasteiger partial charge in [0.25, 0.3) is 0 Å². The average molecular weight is 361 g/mol. The fourth-order valence-electron chi connectivity index (χ4n) is 2.62. The van der Waals surface area contributed by atoms with Crippen LogP contribution in [-0.4, -0.2) is 60.4 Å². The lowest BCUT2D eigenvalue weighted by molar-refractivity contribution is 0.0322. The molecule has 2 heterocycles. The number of aromatic carboxylic acids is 1. The Morgan fingerprint density at radius 2 is 2.15 bits per heavy atom. The number of rotatable bonds is 7. The molecule has 8 heteroatoms. The predicted molar refractivity (Wildman–Crippen MR) is 93.6 cm³/mol. The number of aromatic nitrogens is 1. The van der Waals surface area contributed by atoms with E-state index in [1.54, 1.807) is 18.2 Å². The van der Waals surface area contributed by atoms with Crippen LogP contribution in [0.15, 0.2) is 36.5 Å². The van der Waals surface area contributed by atoms with Gasteiger partial charge in [-0.05, 0) is 18.2 Å². The second kappa shape index (κ2) is 8.59. The number of anilines is 2. The summed E-state index contributed by atoms with van der Waals surface area (Å²) in [4.78, 5) is 17.3. The highest BCUT2D eigenvalue weighted by Gasteiger charge is 2.14. The third-order valence-corrected chi connectivity index (χ3v) is 3.96. The van der Waals surface area contributed by atoms with Gasteiger partial charge in [-0.15, -0.1) is 0 Å². The van der Waals surface area contributed by atoms with Gasteiger partial charge >= 0.3 is 5.97 Å². The van der Waals surface area contributed by atoms with Crippen LogP contribution in [-0.2, 0) is 4.74 Å². The van der Waals surface area contributed by atoms with Crippen molar-refractivity contribution in [3.05, 3.63) is 47.9 Å². The lowest BCUT2D eigenvalue weighted by Crippen LogP contribution is -2.38. The molecule has 0 amide bonds. The molecule has 2 N–H and O–H groups in total. The highest BCUT2D eigenvalue weighted by molar-refractivity contribution is 5.93. The molecule has 1 aliphatic rings. The summed E-state index contributed by atoms with van der Waals surface area (Å²) in [7, 11) is 0. The first-order valence-electron chi connectivity index (χ1n) is 8.30. The van der Waals surface area contributed by atoms with Gasteiger partial charge in [0.15, 0.2) is 0 Å². The van der Waals surface area contributed by atoms with E-state index in [1.165, 1.54) is 0 Å². The summed E-state index contributed by atoms with van der Waals surface area (Å²) >= 11 is 0. The molecule has 26 heavy (non-hydrogen) atoms. The largest absolute Gasteiger partial charge is 0.492 e. The SMILES string of the molecule is O=C(O)c1cc(F)cnc1Nc1cccc(OCCN2CCOCC2)c1. The van der Waals surface area contributed by atoms with Gasteiger partial charge in [-0.1, -0.05) is 6.07 Å². The number of carbonyl (C=O) groups is 1. The van der Waals surface area contributed by atoms with E-state index in [0.29, 0.717) is 18.0 Å². The highest BCUT2D eigenvalue weighted by atomic mass is 19.1. The van der Waals surface area contributed by atoms with Crippen LogP contribution in [0.1, 0.15) is 10.4 Å². The molecule has 0 aliphatic carbocycles. The molecule has 0 unspecified atom stereocenters. The second-order valence-electron chi connectivity index (χ2n) is 5.81. The standard InChI is InChI=1S/C18H20FN3O4/c19-13-10-16(18(23)24)17(20-12-13)21-14-2-1-3-15(11-14)26-9-6-22-4-7-25-8-5-22/h1-3,10-12H,4-9H2,(H,20,21)(H,23,24). The van der Waals surface area contributed by atoms with Crippen molar-refractivity contribution in [2.75, 3.05) is 44.8 Å². The Hall–Kier alpha value is -2.71. The minimum atomic E-state index is -1.25. The number of carboxylic acids is 1. The zero-order valence-corrected chi connectivity index (χ0v) is 14.2. The van der Waals surface area contributed by atoms with E-state index < -0.39 is 11.8 Å². The van der Waals surface area contributed by atoms with Gasteiger partial charge in [0.05, 0.1) is 19.4 Å². The lowest BCUT2D eigenvalue weighted by Gasteiger charge is -2.26. The van der Waals surface area contributed by atoms with Gasteiger partial charge in [-0.2, -0.15) is 0 Å². The van der Waals surface area contributed by atoms with E-state index in [1.807, 2.05) is 6.07 Å². The van der Waals surface area contributed by atoms with Crippen molar-refractivity contribution in [1.29, 1.82) is 0 Å². The van der Waals surface area contributed by atoms with Crippen LogP contribution in [0.4, 0.5) is 15.9 Å². The maximum atomic E-state index is 13.2. The van der Waals surface area contributed by atoms with E-state index in [-0.39, 0.29) is 11.4 Å². The van der Waals surface area contributed by atoms with Crippen LogP contribution < -0.4 is 10.1 Å². The van der Waals surface area contributed by atoms with Gasteiger partial charge in [0, 0.05) is 31.4 Å². The molecule has 2 aromatic rings. The summed E-state index contributed by atoms with van der Waals surface area (Å²) in [6.07, 6.45) is 0.970. The maximum absolute atomic E-state index is 13.2. The number of pyridine rings is 1. The summed E-state index contributed by atoms with van der Waals surface area (Å²) in [6.45, 7) is 4.65. The van der Waals surface area contributed by atoms with Gasteiger partial charge < -0.3 is 19.9 Å². The predicted octanol–water partition coefficient (Wildman–Crippen LogP) is 2.37. The summed E-state index contributed by atoms with van der Waals surface area (Å²) in [5.41, 5.74) is 0.374. The number of nitrogens with one attached hydrogen (secondary N) is 1. The highest BCUT2D eigenvalue weighted by Crippen LogP contribution is 2.23. The van der Waals surface area contributed by atoms with E-state index in [2.05, 4.69) is 15.2 Å². The molecule has 0 atom stereocenters. The molecule has 1 saturated heterocycles. The van der Waals surface area contributed by atoms with E-state index in [0.717, 1.165) is 45.1 Å². The molecule has 0 radical (unpaired) electrons. The Morgan fingerprint density at radius 3 is 2.92 bits per heavy atom. The van der Waals surface area contributed by atoms with Crippen molar-refractivity contribution >= 4 is 17.5 Å². The van der Waals surface area contributed by atoms with Crippen LogP contribution in [0.3, 0.4) is 0 Å². The van der Waals surface area contributed by atoms with E-state index in [9.17, 15) is 14.3 Å². The monoisotopic (exact) mass is 361 g/mol. The third-order valence-electron chi connectivity index (χ3n) is 3.96. The smallest absolute Gasteiger partial charge is 0.339 e. The molecule has 0 saturated carbocycles. The zero-order chi connectivity index (χ0) is 18.4. The van der Waals surface area contributed by atoms with Crippen molar-refractivity contribution in [2.45, 2.75) is 0 Å². The molecular formula is C18H20FN3O4. The van der Waals surface area contributed by atoms with Crippen LogP contribution in [0.25, 0.3) is 0 Å². The topological polar surface area (TPSA) is 83.9 Å². The first-order chi connectivity index (χ1) is 12.6. The molecule has 0 bridgehead atoms. The first-order valence-corrected chi connectivity index (χ1v) is 8.30. The number of benzene rings is 1. The number of nitrogens with zero attached hydrogens (tertiary/aromatic N) is 2. The Kier molecular flexibility index (Phi) is 5.98. The Bertz CT molecular complexity index is 766. The molecule has 1 aromatic carbocycles. The minimum Gasteiger partial charge on any atom is -0.492 e. The quantitative estimate of drug-likeness (QED) is 0.783. The molecule has 3 rings (SSSR count). The number of carboxylic acid groups (broad SMARTS) is 1. The average Bonchev–Trinajstić information content (AvgIpc) is 2.64. The summed E-state index contributed by atoms with van der Waals surface area (Å²) < 4.78 is 24.3. The molecule has 1 aliphatic heterocycles. The summed E-state index contributed by atoms with van der Waals surface area (Å²) in [6, 6.07) is 8.04. The van der Waals surface area contributed by atoms with Crippen LogP contribution in [0, 0.1) is 5.82 Å². The maximum Gasteiger partial charge on any atom is 0.339 e. The normalized spacial score (nSPS) is 14.8. The summed E-state index contributed by atoms with van der Waals surface area (Å²) in [5, 5.41) is 12.1. The third kappa shape index (κ3) is 4.90. The lowest BCUT2D eigenvalue weighted by atomic mass is 10.2. The van der Waals surface area contributed by atoms with Gasteiger partial charge in [0.1, 0.15) is 29.6 Å². The second-order valence-corrected chi connectivity index (χ2v) is 5.81. The number of hydrogen-bond acceptors (Lipinski definition) is 6. The molecular weight excluding hydrogens is 341 g/mol. The van der Waals surface area contributed by atoms with E-state index in [4.69, 9.17) is 9.47 Å². The first kappa shape index (κ1) is 18.1. The van der Waals surface area contributed by atoms with Gasteiger partial charge in [-0.25, -0.2) is 14.2 Å². The molecule has 138 valence electrons. The molecule has 0 spiro atoms. The van der Waals surface area contributed by atoms with Gasteiger partial charge in [0.2, 0.25) is 0 Å². The Labute approximate surface area is 150 Å². The van der Waals surface area contributed by atoms with Crippen molar-refractivity contribution in [3.8, 4) is 5.75 Å². The van der Waals surface area contributed by atoms with Crippen LogP contribution in [0.2, 0.25) is 0 Å². The number of morpholine rings is 1. The van der Waals surface area contributed by atoms with Crippen molar-refractivity contribution in [3.63, 3.8) is 0 Å². The minimum absolute atomic E-state index is 0.0735. The Balaban J connectivity index is 1.61. The van der Waals surface area contributed by atoms with Crippen molar-refractivity contribution in [1.82, 2.24) is 9.88 Å². The zero-order valence-electron chi connectivity index (χ0n) is 14.2. The van der Waals surface area contributed by atoms with Crippen LogP contribution >= 0.6 is 0 Å². The fourth-order valence-corrected chi connectivity index (χ4v) is 2.62. The number of halogens is 1. The van der Waals surface area contributed by atoms with E-state index >= 15 is 0 Å². The fraction of sp³-hybridized carbons (Fsp3) is 0.333. The number of ether oxygens (including phenoxy) is 2. The molecule has 7 nitrogen and oxygen atoms in total. The molecule has 1 aromatic heterocycles. The van der Waals surface area contributed by atoms with Crippen molar-refractivity contribution < 1.29 is 23.8 Å². The Morgan fingerprint density at radius 1 is 1.35 bits per heavy atom. The summed E-state index contributed by atoms with van der Waals surface area (Å²) in [5.74, 6) is -1.22.